The van der Waals surface area contributed by atoms with Gasteiger partial charge in [-0.3, -0.25) is 0 Å². The summed E-state index contributed by atoms with van der Waals surface area (Å²) in [5.74, 6) is -1.19. The van der Waals surface area contributed by atoms with E-state index < -0.39 is 39.7 Å². The first-order valence-corrected chi connectivity index (χ1v) is 9.04. The molecule has 0 saturated heterocycles. The van der Waals surface area contributed by atoms with Crippen LogP contribution < -0.4 is 20.7 Å². The monoisotopic (exact) mass is 387 g/mol. The van der Waals surface area contributed by atoms with Gasteiger partial charge in [0.15, 0.2) is 0 Å². The first-order valence-electron chi connectivity index (χ1n) is 6.42. The molecule has 0 aliphatic rings. The minimum atomic E-state index is -1.10. The van der Waals surface area contributed by atoms with Crippen molar-refractivity contribution < 1.29 is 18.5 Å². The molecule has 0 saturated carbocycles. The van der Waals surface area contributed by atoms with Crippen molar-refractivity contribution in [1.29, 1.82) is 0 Å². The van der Waals surface area contributed by atoms with Crippen LogP contribution in [-0.2, 0) is 14.4 Å². The number of anilines is 1. The molecule has 1 rings (SSSR count). The zero-order valence-electron chi connectivity index (χ0n) is 11.7. The standard InChI is InChI=1S/C13H18AsN3O4S/c15-11(7-22)13(20)16-6-10(18)5-12(19)17-9-3-1-8(14-21)2-4-9/h1-4,11,14,21-22H,5-7,15H2,(H,16,20)(H,17,19)/t11-/m1/s1. The van der Waals surface area contributed by atoms with Crippen LogP contribution in [0.2, 0.25) is 0 Å². The van der Waals surface area contributed by atoms with Crippen LogP contribution in [0.4, 0.5) is 5.69 Å². The zero-order chi connectivity index (χ0) is 16.5. The van der Waals surface area contributed by atoms with Gasteiger partial charge >= 0.3 is 116 Å². The van der Waals surface area contributed by atoms with E-state index >= 15 is 0 Å². The summed E-state index contributed by atoms with van der Waals surface area (Å²) in [7, 11) is 0. The number of nitrogens with two attached hydrogens (primary N) is 1. The molecular formula is C13H18AsN3O4S. The van der Waals surface area contributed by atoms with Crippen molar-refractivity contribution >= 4 is 56.4 Å². The predicted molar refractivity (Wildman–Crippen MR) is 88.5 cm³/mol. The Labute approximate surface area is 140 Å². The van der Waals surface area contributed by atoms with Crippen molar-refractivity contribution in [2.75, 3.05) is 17.6 Å². The van der Waals surface area contributed by atoms with Crippen LogP contribution in [0.1, 0.15) is 6.42 Å². The van der Waals surface area contributed by atoms with Crippen molar-refractivity contribution in [3.63, 3.8) is 0 Å². The average Bonchev–Trinajstić information content (AvgIpc) is 2.52. The van der Waals surface area contributed by atoms with Gasteiger partial charge in [0, 0.05) is 5.75 Å². The minimum absolute atomic E-state index is 0.174. The fourth-order valence-electron chi connectivity index (χ4n) is 1.47. The van der Waals surface area contributed by atoms with Gasteiger partial charge in [-0.25, -0.2) is 0 Å². The normalized spacial score (nSPS) is 12.1. The summed E-state index contributed by atoms with van der Waals surface area (Å²) in [5.41, 5.74) is 5.98. The number of ketones is 1. The number of carbonyl (C=O) groups is 3. The molecule has 0 aliphatic carbocycles. The van der Waals surface area contributed by atoms with Crippen LogP contribution in [-0.4, -0.2) is 56.1 Å². The second-order valence-corrected chi connectivity index (χ2v) is 6.51. The van der Waals surface area contributed by atoms with E-state index in [0.29, 0.717) is 5.69 Å². The van der Waals surface area contributed by atoms with Crippen LogP contribution in [0.25, 0.3) is 0 Å². The third-order valence-electron chi connectivity index (χ3n) is 2.65. The summed E-state index contributed by atoms with van der Waals surface area (Å²) in [6.45, 7) is -0.248. The molecule has 0 fully saturated rings. The Kier molecular flexibility index (Phi) is 8.19. The van der Waals surface area contributed by atoms with Crippen molar-refractivity contribution in [3.8, 4) is 0 Å². The predicted octanol–water partition coefficient (Wildman–Crippen LogP) is -2.07. The first kappa shape index (κ1) is 18.7. The number of hydrogen-bond acceptors (Lipinski definition) is 6. The molecule has 2 amide bonds. The Hall–Kier alpha value is -1.34. The molecule has 9 heteroatoms. The summed E-state index contributed by atoms with van der Waals surface area (Å²) in [5, 5.41) is 4.92. The van der Waals surface area contributed by atoms with Gasteiger partial charge in [0.25, 0.3) is 0 Å². The van der Waals surface area contributed by atoms with Crippen LogP contribution in [0.5, 0.6) is 0 Å². The summed E-state index contributed by atoms with van der Waals surface area (Å²) in [6, 6.07) is 5.97. The molecule has 5 N–H and O–H groups in total. The number of benzene rings is 1. The number of Topliss-reactive ketones (excluding diaryl/α,β-unsaturated/α-hetero) is 1. The molecule has 0 radical (unpaired) electrons. The molecule has 0 aromatic heterocycles. The van der Waals surface area contributed by atoms with E-state index in [1.165, 1.54) is 0 Å². The number of hydrogen-bond donors (Lipinski definition) is 5. The molecular weight excluding hydrogens is 369 g/mol. The molecule has 7 nitrogen and oxygen atoms in total. The molecule has 0 heterocycles. The van der Waals surface area contributed by atoms with Gasteiger partial charge in [-0.2, -0.15) is 12.6 Å². The zero-order valence-corrected chi connectivity index (χ0v) is 14.7. The summed E-state index contributed by atoms with van der Waals surface area (Å²) in [4.78, 5) is 34.6. The van der Waals surface area contributed by atoms with Crippen LogP contribution >= 0.6 is 12.6 Å². The van der Waals surface area contributed by atoms with Crippen molar-refractivity contribution in [1.82, 2.24) is 5.32 Å². The number of carbonyl (C=O) groups excluding carboxylic acids is 3. The Morgan fingerprint density at radius 1 is 1.27 bits per heavy atom. The van der Waals surface area contributed by atoms with Gasteiger partial charge in [0.1, 0.15) is 0 Å². The van der Waals surface area contributed by atoms with E-state index in [4.69, 9.17) is 9.83 Å². The van der Waals surface area contributed by atoms with Gasteiger partial charge < -0.3 is 5.73 Å². The molecule has 1 unspecified atom stereocenters. The number of thiol groups is 1. The number of rotatable bonds is 8. The van der Waals surface area contributed by atoms with E-state index in [-0.39, 0.29) is 18.7 Å². The van der Waals surface area contributed by atoms with E-state index in [1.807, 2.05) is 0 Å². The third-order valence-corrected chi connectivity index (χ3v) is 4.28. The topological polar surface area (TPSA) is 122 Å². The molecule has 0 spiro atoms. The fraction of sp³-hybridized carbons (Fsp3) is 0.308. The van der Waals surface area contributed by atoms with Crippen molar-refractivity contribution in [3.05, 3.63) is 24.3 Å². The second kappa shape index (κ2) is 9.63. The maximum absolute atomic E-state index is 11.7. The Morgan fingerprint density at radius 3 is 2.45 bits per heavy atom. The third kappa shape index (κ3) is 6.61. The van der Waals surface area contributed by atoms with Gasteiger partial charge in [-0.1, -0.05) is 0 Å². The molecule has 120 valence electrons. The second-order valence-electron chi connectivity index (χ2n) is 4.46. The van der Waals surface area contributed by atoms with Crippen LogP contribution in [0.3, 0.4) is 0 Å². The van der Waals surface area contributed by atoms with Gasteiger partial charge in [0.2, 0.25) is 0 Å². The molecule has 0 bridgehead atoms. The maximum atomic E-state index is 11.7. The summed E-state index contributed by atoms with van der Waals surface area (Å²) < 4.78 is 9.88. The van der Waals surface area contributed by atoms with Crippen molar-refractivity contribution in [2.24, 2.45) is 5.73 Å². The van der Waals surface area contributed by atoms with Crippen LogP contribution in [0.15, 0.2) is 24.3 Å². The molecule has 1 aromatic carbocycles. The van der Waals surface area contributed by atoms with E-state index in [0.717, 1.165) is 4.35 Å². The van der Waals surface area contributed by atoms with Gasteiger partial charge in [-0.05, 0) is 0 Å². The summed E-state index contributed by atoms with van der Waals surface area (Å²) in [6.07, 6.45) is -0.341. The molecule has 1 aromatic rings. The average molecular weight is 387 g/mol. The molecule has 2 atom stereocenters. The van der Waals surface area contributed by atoms with Crippen molar-refractivity contribution in [2.45, 2.75) is 12.5 Å². The van der Waals surface area contributed by atoms with E-state index in [9.17, 15) is 14.4 Å². The SMILES string of the molecule is N[C@H](CS)C(=O)NCC(=O)CC(=O)Nc1ccc([AsH]O)cc1. The molecule has 0 aliphatic heterocycles. The Balaban J connectivity index is 2.37. The fourth-order valence-corrected chi connectivity index (χ4v) is 2.30. The van der Waals surface area contributed by atoms with Gasteiger partial charge in [0.05, 0.1) is 0 Å². The first-order chi connectivity index (χ1) is 10.5. The summed E-state index contributed by atoms with van der Waals surface area (Å²) >= 11 is 2.77. The van der Waals surface area contributed by atoms with E-state index in [2.05, 4.69) is 23.3 Å². The Morgan fingerprint density at radius 2 is 1.91 bits per heavy atom. The quantitative estimate of drug-likeness (QED) is 0.199. The number of amides is 2. The number of nitrogens with one attached hydrogen (secondary N) is 2. The van der Waals surface area contributed by atoms with Gasteiger partial charge in [-0.15, -0.1) is 0 Å². The van der Waals surface area contributed by atoms with Crippen LogP contribution in [0, 0.1) is 0 Å². The Bertz CT molecular complexity index is 539. The molecule has 22 heavy (non-hydrogen) atoms. The van der Waals surface area contributed by atoms with E-state index in [1.54, 1.807) is 24.3 Å².